The van der Waals surface area contributed by atoms with Gasteiger partial charge in [0.2, 0.25) is 6.29 Å². The molecule has 0 atom stereocenters. The van der Waals surface area contributed by atoms with Crippen LogP contribution >= 0.6 is 11.6 Å². The van der Waals surface area contributed by atoms with Crippen molar-refractivity contribution in [3.8, 4) is 5.75 Å². The number of benzene rings is 1. The molecule has 1 aromatic carbocycles. The fraction of sp³-hybridized carbons (Fsp3) is 0.385. The summed E-state index contributed by atoms with van der Waals surface area (Å²) in [5.41, 5.74) is 2.83. The van der Waals surface area contributed by atoms with Gasteiger partial charge >= 0.3 is 0 Å². The van der Waals surface area contributed by atoms with Crippen LogP contribution in [-0.4, -0.2) is 25.8 Å². The lowest BCUT2D eigenvalue weighted by molar-refractivity contribution is -0.131. The van der Waals surface area contributed by atoms with Crippen LogP contribution in [0.5, 0.6) is 5.75 Å². The molecule has 0 bridgehead atoms. The van der Waals surface area contributed by atoms with Gasteiger partial charge in [-0.3, -0.25) is 9.59 Å². The maximum Gasteiger partial charge on any atom is 0.284 e. The Kier molecular flexibility index (Phi) is 5.16. The van der Waals surface area contributed by atoms with E-state index in [1.165, 1.54) is 0 Å². The third-order valence-corrected chi connectivity index (χ3v) is 3.36. The second-order valence-electron chi connectivity index (χ2n) is 3.97. The van der Waals surface area contributed by atoms with E-state index in [-0.39, 0.29) is 6.29 Å². The molecule has 0 heterocycles. The third-order valence-electron chi connectivity index (χ3n) is 2.77. The van der Waals surface area contributed by atoms with Gasteiger partial charge in [0.25, 0.3) is 5.91 Å². The zero-order chi connectivity index (χ0) is 13.7. The van der Waals surface area contributed by atoms with Gasteiger partial charge in [-0.15, -0.1) is 0 Å². The zero-order valence-electron chi connectivity index (χ0n) is 10.7. The normalized spacial score (nSPS) is 10.0. The van der Waals surface area contributed by atoms with Crippen LogP contribution in [0.4, 0.5) is 0 Å². The minimum Gasteiger partial charge on any atom is -0.496 e. The molecule has 1 amide bonds. The van der Waals surface area contributed by atoms with Crippen LogP contribution in [0.25, 0.3) is 0 Å². The number of carbonyl (C=O) groups excluding carboxylic acids is 2. The van der Waals surface area contributed by atoms with Crippen LogP contribution in [0.15, 0.2) is 6.07 Å². The first kappa shape index (κ1) is 14.5. The second-order valence-corrected chi connectivity index (χ2v) is 4.35. The highest BCUT2D eigenvalue weighted by atomic mass is 35.5. The summed E-state index contributed by atoms with van der Waals surface area (Å²) in [4.78, 5) is 21.0. The largest absolute Gasteiger partial charge is 0.496 e. The number of aryl methyl sites for hydroxylation is 1. The summed E-state index contributed by atoms with van der Waals surface area (Å²) in [6.45, 7) is 4.19. The maximum absolute atomic E-state index is 10.8. The number of aldehydes is 1. The average Bonchev–Trinajstić information content (AvgIpc) is 2.37. The molecule has 18 heavy (non-hydrogen) atoms. The molecule has 0 saturated heterocycles. The molecular formula is C13H16ClNO3. The van der Waals surface area contributed by atoms with Crippen molar-refractivity contribution in [3.05, 3.63) is 27.8 Å². The minimum absolute atomic E-state index is 0.256. The molecule has 0 unspecified atom stereocenters. The van der Waals surface area contributed by atoms with E-state index in [2.05, 4.69) is 5.32 Å². The molecule has 5 heteroatoms. The highest BCUT2D eigenvalue weighted by Crippen LogP contribution is 2.31. The van der Waals surface area contributed by atoms with E-state index < -0.39 is 5.91 Å². The topological polar surface area (TPSA) is 55.4 Å². The van der Waals surface area contributed by atoms with E-state index in [9.17, 15) is 9.59 Å². The summed E-state index contributed by atoms with van der Waals surface area (Å²) in [5.74, 6) is 0.125. The van der Waals surface area contributed by atoms with Gasteiger partial charge in [-0.1, -0.05) is 11.6 Å². The molecule has 0 aromatic heterocycles. The first-order chi connectivity index (χ1) is 8.51. The Balaban J connectivity index is 2.90. The molecule has 0 aliphatic rings. The number of amides is 1. The van der Waals surface area contributed by atoms with E-state index in [4.69, 9.17) is 16.3 Å². The molecule has 0 aliphatic heterocycles. The van der Waals surface area contributed by atoms with Gasteiger partial charge in [-0.05, 0) is 37.5 Å². The van der Waals surface area contributed by atoms with Crippen molar-refractivity contribution in [2.24, 2.45) is 0 Å². The molecular weight excluding hydrogens is 254 g/mol. The molecule has 98 valence electrons. The van der Waals surface area contributed by atoms with Gasteiger partial charge in [0.1, 0.15) is 5.75 Å². The molecule has 4 nitrogen and oxygen atoms in total. The summed E-state index contributed by atoms with van der Waals surface area (Å²) in [7, 11) is 1.59. The van der Waals surface area contributed by atoms with Crippen molar-refractivity contribution < 1.29 is 14.3 Å². The number of nitrogens with one attached hydrogen (secondary N) is 1. The molecule has 0 fully saturated rings. The number of hydrogen-bond acceptors (Lipinski definition) is 3. The number of carbonyl (C=O) groups is 2. The molecule has 1 rings (SSSR count). The lowest BCUT2D eigenvalue weighted by Crippen LogP contribution is -2.26. The summed E-state index contributed by atoms with van der Waals surface area (Å²) in [6, 6.07) is 1.87. The monoisotopic (exact) mass is 269 g/mol. The van der Waals surface area contributed by atoms with E-state index in [1.54, 1.807) is 7.11 Å². The Morgan fingerprint density at radius 2 is 2.17 bits per heavy atom. The van der Waals surface area contributed by atoms with E-state index in [1.807, 2.05) is 19.9 Å². The maximum atomic E-state index is 10.8. The van der Waals surface area contributed by atoms with Crippen LogP contribution in [0, 0.1) is 13.8 Å². The lowest BCUT2D eigenvalue weighted by Gasteiger charge is -2.15. The quantitative estimate of drug-likeness (QED) is 0.655. The Morgan fingerprint density at radius 1 is 1.50 bits per heavy atom. The minimum atomic E-state index is -0.621. The van der Waals surface area contributed by atoms with Crippen LogP contribution in [-0.2, 0) is 16.0 Å². The van der Waals surface area contributed by atoms with Crippen molar-refractivity contribution in [3.63, 3.8) is 0 Å². The van der Waals surface area contributed by atoms with Gasteiger partial charge in [0.05, 0.1) is 7.11 Å². The molecule has 1 aromatic rings. The number of hydrogen-bond donors (Lipinski definition) is 1. The predicted octanol–water partition coefficient (Wildman–Crippen LogP) is 1.82. The first-order valence-corrected chi connectivity index (χ1v) is 5.94. The Labute approximate surface area is 111 Å². The number of ether oxygens (including phenoxy) is 1. The van der Waals surface area contributed by atoms with E-state index >= 15 is 0 Å². The third kappa shape index (κ3) is 3.23. The number of methoxy groups -OCH3 is 1. The van der Waals surface area contributed by atoms with Crippen LogP contribution in [0.1, 0.15) is 16.7 Å². The average molecular weight is 270 g/mol. The number of rotatable bonds is 5. The Hall–Kier alpha value is -1.55. The molecule has 0 radical (unpaired) electrons. The molecule has 0 saturated carbocycles. The fourth-order valence-corrected chi connectivity index (χ4v) is 1.97. The highest BCUT2D eigenvalue weighted by Gasteiger charge is 2.12. The van der Waals surface area contributed by atoms with Crippen molar-refractivity contribution >= 4 is 23.8 Å². The van der Waals surface area contributed by atoms with E-state index in [0.717, 1.165) is 22.4 Å². The van der Waals surface area contributed by atoms with Gasteiger partial charge < -0.3 is 10.1 Å². The standard InChI is InChI=1S/C13H16ClNO3/c1-8-6-11(18-3)10(9(2)13(8)14)4-5-15-12(17)7-16/h6-7H,4-5H2,1-3H3,(H,15,17). The van der Waals surface area contributed by atoms with Crippen LogP contribution in [0.3, 0.4) is 0 Å². The fourth-order valence-electron chi connectivity index (χ4n) is 1.81. The highest BCUT2D eigenvalue weighted by molar-refractivity contribution is 6.32. The van der Waals surface area contributed by atoms with Crippen LogP contribution in [0.2, 0.25) is 5.02 Å². The summed E-state index contributed by atoms with van der Waals surface area (Å²) in [6.07, 6.45) is 0.820. The zero-order valence-corrected chi connectivity index (χ0v) is 11.4. The second kappa shape index (κ2) is 6.40. The van der Waals surface area contributed by atoms with Crippen molar-refractivity contribution in [1.29, 1.82) is 0 Å². The van der Waals surface area contributed by atoms with Gasteiger partial charge in [0.15, 0.2) is 0 Å². The van der Waals surface area contributed by atoms with Gasteiger partial charge in [-0.2, -0.15) is 0 Å². The van der Waals surface area contributed by atoms with Crippen molar-refractivity contribution in [2.45, 2.75) is 20.3 Å². The molecule has 1 N–H and O–H groups in total. The van der Waals surface area contributed by atoms with Gasteiger partial charge in [0, 0.05) is 17.1 Å². The first-order valence-electron chi connectivity index (χ1n) is 5.56. The van der Waals surface area contributed by atoms with Gasteiger partial charge in [-0.25, -0.2) is 0 Å². The smallest absolute Gasteiger partial charge is 0.284 e. The summed E-state index contributed by atoms with van der Waals surface area (Å²) < 4.78 is 5.30. The molecule has 0 spiro atoms. The molecule has 0 aliphatic carbocycles. The number of halogens is 1. The SMILES string of the molecule is COc1cc(C)c(Cl)c(C)c1CCNC(=O)C=O. The Morgan fingerprint density at radius 3 is 2.72 bits per heavy atom. The van der Waals surface area contributed by atoms with Crippen molar-refractivity contribution in [2.75, 3.05) is 13.7 Å². The Bertz CT molecular complexity index is 472. The van der Waals surface area contributed by atoms with E-state index in [0.29, 0.717) is 18.0 Å². The van der Waals surface area contributed by atoms with Crippen LogP contribution < -0.4 is 10.1 Å². The van der Waals surface area contributed by atoms with Crippen molar-refractivity contribution in [1.82, 2.24) is 5.32 Å². The predicted molar refractivity (Wildman–Crippen MR) is 70.3 cm³/mol. The summed E-state index contributed by atoms with van der Waals surface area (Å²) >= 11 is 6.18. The summed E-state index contributed by atoms with van der Waals surface area (Å²) in [5, 5.41) is 3.19. The lowest BCUT2D eigenvalue weighted by atomic mass is 10.0.